The number of ether oxygens (including phenoxy) is 2. The third-order valence-electron chi connectivity index (χ3n) is 6.00. The molecule has 0 fully saturated rings. The highest BCUT2D eigenvalue weighted by Crippen LogP contribution is 2.27. The van der Waals surface area contributed by atoms with Crippen LogP contribution in [0.2, 0.25) is 0 Å². The Labute approximate surface area is 216 Å². The van der Waals surface area contributed by atoms with E-state index in [1.165, 1.54) is 4.90 Å². The topological polar surface area (TPSA) is 85.7 Å². The van der Waals surface area contributed by atoms with E-state index in [9.17, 15) is 9.59 Å². The van der Waals surface area contributed by atoms with Crippen molar-refractivity contribution < 1.29 is 19.1 Å². The number of anilines is 1. The van der Waals surface area contributed by atoms with Crippen molar-refractivity contribution >= 4 is 17.8 Å². The van der Waals surface area contributed by atoms with Crippen LogP contribution < -0.4 is 14.8 Å². The maximum absolute atomic E-state index is 13.1. The molecule has 190 valence electrons. The van der Waals surface area contributed by atoms with Crippen LogP contribution in [0.1, 0.15) is 22.8 Å². The summed E-state index contributed by atoms with van der Waals surface area (Å²) >= 11 is 0. The molecule has 3 aromatic carbocycles. The minimum absolute atomic E-state index is 0.101. The van der Waals surface area contributed by atoms with Crippen LogP contribution >= 0.6 is 0 Å². The number of nitrogens with one attached hydrogen (secondary N) is 1. The van der Waals surface area contributed by atoms with Crippen molar-refractivity contribution in [1.29, 1.82) is 0 Å². The summed E-state index contributed by atoms with van der Waals surface area (Å²) in [5, 5.41) is 2.89. The Kier molecular flexibility index (Phi) is 7.88. The summed E-state index contributed by atoms with van der Waals surface area (Å²) in [6.07, 6.45) is 1.86. The molecule has 0 saturated carbocycles. The highest BCUT2D eigenvalue weighted by atomic mass is 16.5. The predicted octanol–water partition coefficient (Wildman–Crippen LogP) is 4.97. The first-order valence-electron chi connectivity index (χ1n) is 12.0. The standard InChI is InChI=1S/C29H30N4O4/c1-5-32(28(35)22-8-6-20(2)7-9-22)19-27(34)31-29-30-26(21-10-14-24(36-3)15-11-21)18-33(29)23-12-16-25(37-4)17-13-23/h6-18H,5,19H2,1-4H3,(H,30,31,34). The fourth-order valence-corrected chi connectivity index (χ4v) is 3.85. The molecule has 0 unspecified atom stereocenters. The number of carbonyl (C=O) groups excluding carboxylic acids is 2. The summed E-state index contributed by atoms with van der Waals surface area (Å²) in [5.41, 5.74) is 3.95. The third kappa shape index (κ3) is 5.98. The van der Waals surface area contributed by atoms with Crippen molar-refractivity contribution in [3.05, 3.63) is 90.1 Å². The number of methoxy groups -OCH3 is 2. The lowest BCUT2D eigenvalue weighted by molar-refractivity contribution is -0.116. The fourth-order valence-electron chi connectivity index (χ4n) is 3.85. The van der Waals surface area contributed by atoms with Gasteiger partial charge in [-0.15, -0.1) is 0 Å². The highest BCUT2D eigenvalue weighted by molar-refractivity contribution is 5.99. The predicted molar refractivity (Wildman–Crippen MR) is 143 cm³/mol. The number of amides is 2. The maximum Gasteiger partial charge on any atom is 0.254 e. The van der Waals surface area contributed by atoms with E-state index < -0.39 is 0 Å². The van der Waals surface area contributed by atoms with Crippen molar-refractivity contribution in [2.45, 2.75) is 13.8 Å². The van der Waals surface area contributed by atoms with E-state index in [-0.39, 0.29) is 18.4 Å². The van der Waals surface area contributed by atoms with Crippen LogP contribution in [-0.4, -0.2) is 53.6 Å². The molecule has 0 aliphatic carbocycles. The largest absolute Gasteiger partial charge is 0.497 e. The average Bonchev–Trinajstić information content (AvgIpc) is 3.35. The number of likely N-dealkylation sites (N-methyl/N-ethyl adjacent to an activating group) is 1. The first-order chi connectivity index (χ1) is 17.9. The molecule has 0 spiro atoms. The zero-order chi connectivity index (χ0) is 26.4. The zero-order valence-corrected chi connectivity index (χ0v) is 21.4. The minimum Gasteiger partial charge on any atom is -0.497 e. The van der Waals surface area contributed by atoms with Gasteiger partial charge in [0.25, 0.3) is 5.91 Å². The Morgan fingerprint density at radius 3 is 2.05 bits per heavy atom. The summed E-state index contributed by atoms with van der Waals surface area (Å²) in [7, 11) is 3.22. The Balaban J connectivity index is 1.60. The molecule has 1 N–H and O–H groups in total. The fraction of sp³-hybridized carbons (Fsp3) is 0.207. The van der Waals surface area contributed by atoms with Gasteiger partial charge in [0.1, 0.15) is 18.0 Å². The number of aromatic nitrogens is 2. The van der Waals surface area contributed by atoms with Crippen molar-refractivity contribution in [3.8, 4) is 28.4 Å². The van der Waals surface area contributed by atoms with Gasteiger partial charge in [0, 0.05) is 29.6 Å². The molecular formula is C29H30N4O4. The van der Waals surface area contributed by atoms with E-state index in [1.54, 1.807) is 30.9 Å². The number of carbonyl (C=O) groups is 2. The van der Waals surface area contributed by atoms with Crippen molar-refractivity contribution in [3.63, 3.8) is 0 Å². The first kappa shape index (κ1) is 25.5. The van der Waals surface area contributed by atoms with Gasteiger partial charge in [-0.25, -0.2) is 4.98 Å². The van der Waals surface area contributed by atoms with Gasteiger partial charge in [0.05, 0.1) is 19.9 Å². The van der Waals surface area contributed by atoms with Gasteiger partial charge in [-0.3, -0.25) is 19.5 Å². The monoisotopic (exact) mass is 498 g/mol. The Bertz CT molecular complexity index is 1360. The molecule has 0 atom stereocenters. The van der Waals surface area contributed by atoms with Crippen LogP contribution in [0.25, 0.3) is 16.9 Å². The minimum atomic E-state index is -0.344. The number of hydrogen-bond acceptors (Lipinski definition) is 5. The van der Waals surface area contributed by atoms with Crippen molar-refractivity contribution in [2.24, 2.45) is 0 Å². The van der Waals surface area contributed by atoms with Crippen LogP contribution in [-0.2, 0) is 4.79 Å². The quantitative estimate of drug-likeness (QED) is 0.352. The van der Waals surface area contributed by atoms with E-state index in [0.717, 1.165) is 28.3 Å². The average molecular weight is 499 g/mol. The smallest absolute Gasteiger partial charge is 0.254 e. The Hall–Kier alpha value is -4.59. The van der Waals surface area contributed by atoms with Crippen LogP contribution in [0, 0.1) is 6.92 Å². The summed E-state index contributed by atoms with van der Waals surface area (Å²) in [5.74, 6) is 1.27. The second-order valence-corrected chi connectivity index (χ2v) is 8.48. The number of nitrogens with zero attached hydrogens (tertiary/aromatic N) is 3. The summed E-state index contributed by atoms with van der Waals surface area (Å²) in [6, 6.07) is 22.3. The SMILES string of the molecule is CCN(CC(=O)Nc1nc(-c2ccc(OC)cc2)cn1-c1ccc(OC)cc1)C(=O)c1ccc(C)cc1. The number of rotatable bonds is 9. The van der Waals surface area contributed by atoms with Gasteiger partial charge in [0.15, 0.2) is 0 Å². The van der Waals surface area contributed by atoms with Crippen LogP contribution in [0.15, 0.2) is 79.0 Å². The molecule has 0 aliphatic rings. The molecule has 8 nitrogen and oxygen atoms in total. The lowest BCUT2D eigenvalue weighted by Crippen LogP contribution is -2.38. The van der Waals surface area contributed by atoms with Gasteiger partial charge in [-0.2, -0.15) is 0 Å². The van der Waals surface area contributed by atoms with Crippen LogP contribution in [0.5, 0.6) is 11.5 Å². The second-order valence-electron chi connectivity index (χ2n) is 8.48. The molecule has 4 rings (SSSR count). The van der Waals surface area contributed by atoms with Crippen molar-refractivity contribution in [2.75, 3.05) is 32.6 Å². The Morgan fingerprint density at radius 1 is 0.892 bits per heavy atom. The van der Waals surface area contributed by atoms with E-state index in [0.29, 0.717) is 23.8 Å². The number of hydrogen-bond donors (Lipinski definition) is 1. The first-order valence-corrected chi connectivity index (χ1v) is 12.0. The summed E-state index contributed by atoms with van der Waals surface area (Å²) < 4.78 is 12.3. The number of aryl methyl sites for hydroxylation is 1. The molecule has 1 aromatic heterocycles. The molecule has 4 aromatic rings. The molecule has 0 aliphatic heterocycles. The molecule has 2 amide bonds. The van der Waals surface area contributed by atoms with E-state index >= 15 is 0 Å². The number of imidazole rings is 1. The van der Waals surface area contributed by atoms with Gasteiger partial charge in [-0.1, -0.05) is 17.7 Å². The third-order valence-corrected chi connectivity index (χ3v) is 6.00. The lowest BCUT2D eigenvalue weighted by Gasteiger charge is -2.20. The zero-order valence-electron chi connectivity index (χ0n) is 21.4. The van der Waals surface area contributed by atoms with E-state index in [1.807, 2.05) is 80.7 Å². The maximum atomic E-state index is 13.1. The lowest BCUT2D eigenvalue weighted by atomic mass is 10.1. The highest BCUT2D eigenvalue weighted by Gasteiger charge is 2.20. The van der Waals surface area contributed by atoms with Crippen LogP contribution in [0.3, 0.4) is 0 Å². The molecule has 0 radical (unpaired) electrons. The van der Waals surface area contributed by atoms with E-state index in [2.05, 4.69) is 5.32 Å². The molecule has 0 saturated heterocycles. The van der Waals surface area contributed by atoms with E-state index in [4.69, 9.17) is 14.5 Å². The molecule has 37 heavy (non-hydrogen) atoms. The molecule has 8 heteroatoms. The Morgan fingerprint density at radius 2 is 1.49 bits per heavy atom. The van der Waals surface area contributed by atoms with Gasteiger partial charge in [0.2, 0.25) is 11.9 Å². The number of benzene rings is 3. The van der Waals surface area contributed by atoms with Crippen molar-refractivity contribution in [1.82, 2.24) is 14.5 Å². The summed E-state index contributed by atoms with van der Waals surface area (Å²) in [4.78, 5) is 32.3. The summed E-state index contributed by atoms with van der Waals surface area (Å²) in [6.45, 7) is 4.10. The molecule has 1 heterocycles. The molecular weight excluding hydrogens is 468 g/mol. The van der Waals surface area contributed by atoms with Gasteiger partial charge >= 0.3 is 0 Å². The van der Waals surface area contributed by atoms with Crippen LogP contribution in [0.4, 0.5) is 5.95 Å². The second kappa shape index (κ2) is 11.4. The van der Waals surface area contributed by atoms with Gasteiger partial charge < -0.3 is 14.4 Å². The van der Waals surface area contributed by atoms with Gasteiger partial charge in [-0.05, 0) is 74.5 Å². The normalized spacial score (nSPS) is 10.6. The molecule has 0 bridgehead atoms.